The normalized spacial score (nSPS) is 18.3. The average Bonchev–Trinajstić information content (AvgIpc) is 2.85. The number of fused-ring (bicyclic) bond motifs is 2. The van der Waals surface area contributed by atoms with E-state index in [1.807, 2.05) is 13.8 Å². The number of hydrogen-bond donors (Lipinski definition) is 0. The Bertz CT molecular complexity index is 929. The molecule has 0 unspecified atom stereocenters. The van der Waals surface area contributed by atoms with Gasteiger partial charge in [0.25, 0.3) is 11.8 Å². The van der Waals surface area contributed by atoms with Crippen molar-refractivity contribution in [3.05, 3.63) is 53.6 Å². The second-order valence-electron chi connectivity index (χ2n) is 7.18. The van der Waals surface area contributed by atoms with Crippen molar-refractivity contribution >= 4 is 29.1 Å². The molecule has 0 saturated carbocycles. The van der Waals surface area contributed by atoms with E-state index in [2.05, 4.69) is 0 Å². The molecule has 0 aliphatic carbocycles. The molecule has 2 aromatic rings. The van der Waals surface area contributed by atoms with Gasteiger partial charge in [-0.3, -0.25) is 14.4 Å². The molecule has 0 saturated heterocycles. The van der Waals surface area contributed by atoms with Crippen molar-refractivity contribution in [3.63, 3.8) is 0 Å². The van der Waals surface area contributed by atoms with Crippen LogP contribution in [0.15, 0.2) is 42.5 Å². The highest BCUT2D eigenvalue weighted by Gasteiger charge is 2.39. The summed E-state index contributed by atoms with van der Waals surface area (Å²) < 4.78 is 5.84. The lowest BCUT2D eigenvalue weighted by Gasteiger charge is -2.24. The summed E-state index contributed by atoms with van der Waals surface area (Å²) in [6.45, 7) is 3.86. The maximum Gasteiger partial charge on any atom is 0.266 e. The van der Waals surface area contributed by atoms with E-state index < -0.39 is 5.41 Å². The molecule has 0 aromatic heterocycles. The molecule has 2 heterocycles. The zero-order valence-electron chi connectivity index (χ0n) is 14.8. The lowest BCUT2D eigenvalue weighted by atomic mass is 9.93. The molecule has 0 bridgehead atoms. The van der Waals surface area contributed by atoms with Gasteiger partial charge in [-0.15, -0.1) is 0 Å². The minimum atomic E-state index is -0.663. The van der Waals surface area contributed by atoms with Crippen molar-refractivity contribution in [3.8, 4) is 5.75 Å². The van der Waals surface area contributed by atoms with Crippen LogP contribution in [0.1, 0.15) is 34.6 Å². The third-order valence-corrected chi connectivity index (χ3v) is 4.83. The summed E-state index contributed by atoms with van der Waals surface area (Å²) in [5.41, 5.74) is 1.16. The molecule has 132 valence electrons. The van der Waals surface area contributed by atoms with E-state index in [1.54, 1.807) is 54.4 Å². The Morgan fingerprint density at radius 3 is 2.19 bits per heavy atom. The van der Waals surface area contributed by atoms with Crippen molar-refractivity contribution in [2.75, 3.05) is 23.5 Å². The molecule has 0 spiro atoms. The van der Waals surface area contributed by atoms with Crippen molar-refractivity contribution in [2.45, 2.75) is 13.8 Å². The number of amides is 3. The number of benzene rings is 2. The Balaban J connectivity index is 1.76. The summed E-state index contributed by atoms with van der Waals surface area (Å²) >= 11 is 0. The second kappa shape index (κ2) is 5.42. The third-order valence-electron chi connectivity index (χ3n) is 4.83. The third kappa shape index (κ3) is 2.22. The van der Waals surface area contributed by atoms with E-state index in [4.69, 9.17) is 4.74 Å². The Hall–Kier alpha value is -3.15. The van der Waals surface area contributed by atoms with Crippen molar-refractivity contribution in [2.24, 2.45) is 5.41 Å². The van der Waals surface area contributed by atoms with Gasteiger partial charge in [-0.05, 0) is 38.1 Å². The van der Waals surface area contributed by atoms with Crippen LogP contribution in [0.3, 0.4) is 0 Å². The fourth-order valence-corrected chi connectivity index (χ4v) is 3.34. The van der Waals surface area contributed by atoms with Gasteiger partial charge in [0.05, 0.1) is 27.9 Å². The zero-order valence-corrected chi connectivity index (χ0v) is 14.8. The molecular formula is C20H18N2O4. The summed E-state index contributed by atoms with van der Waals surface area (Å²) in [5.74, 6) is -0.293. The molecule has 4 rings (SSSR count). The Labute approximate surface area is 151 Å². The summed E-state index contributed by atoms with van der Waals surface area (Å²) in [7, 11) is 1.69. The minimum absolute atomic E-state index is 0.0512. The van der Waals surface area contributed by atoms with Crippen LogP contribution in [-0.2, 0) is 4.79 Å². The lowest BCUT2D eigenvalue weighted by molar-refractivity contribution is -0.127. The van der Waals surface area contributed by atoms with Crippen molar-refractivity contribution in [1.29, 1.82) is 0 Å². The van der Waals surface area contributed by atoms with Crippen LogP contribution in [0, 0.1) is 5.41 Å². The van der Waals surface area contributed by atoms with Crippen LogP contribution in [0.4, 0.5) is 11.4 Å². The predicted molar refractivity (Wildman–Crippen MR) is 96.7 cm³/mol. The van der Waals surface area contributed by atoms with Gasteiger partial charge in [-0.1, -0.05) is 12.1 Å². The number of rotatable bonds is 1. The molecule has 3 amide bonds. The molecular weight excluding hydrogens is 332 g/mol. The number of carbonyl (C=O) groups excluding carboxylic acids is 3. The fraction of sp³-hybridized carbons (Fsp3) is 0.250. The Morgan fingerprint density at radius 2 is 1.58 bits per heavy atom. The van der Waals surface area contributed by atoms with Crippen LogP contribution < -0.4 is 14.5 Å². The van der Waals surface area contributed by atoms with Gasteiger partial charge in [0.2, 0.25) is 5.91 Å². The fourth-order valence-electron chi connectivity index (χ4n) is 3.34. The number of carbonyl (C=O) groups is 3. The summed E-state index contributed by atoms with van der Waals surface area (Å²) in [6, 6.07) is 11.8. The van der Waals surface area contributed by atoms with Gasteiger partial charge in [0.1, 0.15) is 12.4 Å². The molecule has 2 aromatic carbocycles. The van der Waals surface area contributed by atoms with Crippen molar-refractivity contribution < 1.29 is 19.1 Å². The molecule has 0 radical (unpaired) electrons. The second-order valence-corrected chi connectivity index (χ2v) is 7.18. The van der Waals surface area contributed by atoms with Gasteiger partial charge in [-0.25, -0.2) is 4.90 Å². The summed E-state index contributed by atoms with van der Waals surface area (Å²) in [4.78, 5) is 40.6. The number of imide groups is 1. The Morgan fingerprint density at radius 1 is 0.962 bits per heavy atom. The zero-order chi connectivity index (χ0) is 18.6. The summed E-state index contributed by atoms with van der Waals surface area (Å²) in [5, 5.41) is 0. The number of hydrogen-bond acceptors (Lipinski definition) is 4. The average molecular weight is 350 g/mol. The van der Waals surface area contributed by atoms with E-state index in [9.17, 15) is 14.4 Å². The molecule has 6 nitrogen and oxygen atoms in total. The minimum Gasteiger partial charge on any atom is -0.490 e. The van der Waals surface area contributed by atoms with E-state index in [-0.39, 0.29) is 24.3 Å². The topological polar surface area (TPSA) is 66.9 Å². The first kappa shape index (κ1) is 16.3. The van der Waals surface area contributed by atoms with Gasteiger partial charge >= 0.3 is 0 Å². The SMILES string of the molecule is CN1C(=O)C(C)(C)COc2cc(N3C(=O)c4ccccc4C3=O)ccc21. The van der Waals surface area contributed by atoms with Gasteiger partial charge < -0.3 is 9.64 Å². The van der Waals surface area contributed by atoms with Crippen LogP contribution in [0.25, 0.3) is 0 Å². The van der Waals surface area contributed by atoms with Gasteiger partial charge in [-0.2, -0.15) is 0 Å². The van der Waals surface area contributed by atoms with Gasteiger partial charge in [0, 0.05) is 13.1 Å². The first-order valence-corrected chi connectivity index (χ1v) is 8.34. The molecule has 2 aliphatic rings. The van der Waals surface area contributed by atoms with Crippen molar-refractivity contribution in [1.82, 2.24) is 0 Å². The van der Waals surface area contributed by atoms with Crippen LogP contribution in [0.5, 0.6) is 5.75 Å². The molecule has 26 heavy (non-hydrogen) atoms. The first-order valence-electron chi connectivity index (χ1n) is 8.34. The smallest absolute Gasteiger partial charge is 0.266 e. The standard InChI is InChI=1S/C20H18N2O4/c1-20(2)11-26-16-10-12(8-9-15(16)21(3)19(20)25)22-17(23)13-6-4-5-7-14(13)18(22)24/h4-10H,11H2,1-3H3. The highest BCUT2D eigenvalue weighted by molar-refractivity contribution is 6.34. The number of nitrogens with zero attached hydrogens (tertiary/aromatic N) is 2. The van der Waals surface area contributed by atoms with Crippen LogP contribution in [0.2, 0.25) is 0 Å². The maximum atomic E-state index is 12.7. The maximum absolute atomic E-state index is 12.7. The van der Waals surface area contributed by atoms with E-state index in [1.165, 1.54) is 0 Å². The largest absolute Gasteiger partial charge is 0.490 e. The first-order chi connectivity index (χ1) is 12.3. The molecule has 0 atom stereocenters. The van der Waals surface area contributed by atoms with Crippen LogP contribution in [-0.4, -0.2) is 31.4 Å². The monoisotopic (exact) mass is 350 g/mol. The van der Waals surface area contributed by atoms with Crippen LogP contribution >= 0.6 is 0 Å². The van der Waals surface area contributed by atoms with E-state index >= 15 is 0 Å². The Kier molecular flexibility index (Phi) is 3.41. The molecule has 0 fully saturated rings. The van der Waals surface area contributed by atoms with Gasteiger partial charge in [0.15, 0.2) is 0 Å². The highest BCUT2D eigenvalue weighted by atomic mass is 16.5. The van der Waals surface area contributed by atoms with E-state index in [0.29, 0.717) is 28.3 Å². The van der Waals surface area contributed by atoms with E-state index in [0.717, 1.165) is 4.90 Å². The molecule has 6 heteroatoms. The predicted octanol–water partition coefficient (Wildman–Crippen LogP) is 2.87. The molecule has 0 N–H and O–H groups in total. The number of ether oxygens (including phenoxy) is 1. The summed E-state index contributed by atoms with van der Waals surface area (Å²) in [6.07, 6.45) is 0. The lowest BCUT2D eigenvalue weighted by Crippen LogP contribution is -2.39. The highest BCUT2D eigenvalue weighted by Crippen LogP contribution is 2.39. The number of anilines is 2. The molecule has 2 aliphatic heterocycles. The quantitative estimate of drug-likeness (QED) is 0.742.